The van der Waals surface area contributed by atoms with E-state index in [0.29, 0.717) is 0 Å². The third kappa shape index (κ3) is 3.18. The summed E-state index contributed by atoms with van der Waals surface area (Å²) in [5, 5.41) is 19.6. The monoisotopic (exact) mass is 268 g/mol. The molecule has 0 spiro atoms. The highest BCUT2D eigenvalue weighted by molar-refractivity contribution is 6.32. The van der Waals surface area contributed by atoms with Crippen LogP contribution in [0, 0.1) is 21.4 Å². The number of esters is 1. The van der Waals surface area contributed by atoms with Crippen LogP contribution in [0.2, 0.25) is 5.02 Å². The fraction of sp³-hybridized carbons (Fsp3) is 0.273. The van der Waals surface area contributed by atoms with Crippen LogP contribution in [0.15, 0.2) is 12.1 Å². The van der Waals surface area contributed by atoms with E-state index in [-0.39, 0.29) is 34.9 Å². The van der Waals surface area contributed by atoms with Gasteiger partial charge in [-0.05, 0) is 13.0 Å². The molecule has 1 rings (SSSR count). The molecule has 0 aliphatic carbocycles. The molecule has 0 fully saturated rings. The summed E-state index contributed by atoms with van der Waals surface area (Å²) in [4.78, 5) is 21.5. The van der Waals surface area contributed by atoms with Crippen molar-refractivity contribution in [1.82, 2.24) is 0 Å². The normalized spacial score (nSPS) is 9.61. The third-order valence-electron chi connectivity index (χ3n) is 2.12. The lowest BCUT2D eigenvalue weighted by Crippen LogP contribution is -2.10. The zero-order valence-electron chi connectivity index (χ0n) is 9.47. The topological polar surface area (TPSA) is 93.2 Å². The molecule has 94 valence electrons. The average molecular weight is 269 g/mol. The lowest BCUT2D eigenvalue weighted by molar-refractivity contribution is -0.385. The van der Waals surface area contributed by atoms with Crippen LogP contribution in [0.5, 0.6) is 0 Å². The minimum Gasteiger partial charge on any atom is -0.466 e. The van der Waals surface area contributed by atoms with Gasteiger partial charge >= 0.3 is 5.97 Å². The maximum absolute atomic E-state index is 11.3. The number of hydrogen-bond acceptors (Lipinski definition) is 5. The summed E-state index contributed by atoms with van der Waals surface area (Å²) in [5.74, 6) is -0.604. The van der Waals surface area contributed by atoms with Gasteiger partial charge < -0.3 is 4.74 Å². The van der Waals surface area contributed by atoms with Gasteiger partial charge in [0, 0.05) is 6.07 Å². The maximum atomic E-state index is 11.3. The lowest BCUT2D eigenvalue weighted by atomic mass is 10.1. The van der Waals surface area contributed by atoms with Crippen LogP contribution in [0.25, 0.3) is 0 Å². The van der Waals surface area contributed by atoms with E-state index >= 15 is 0 Å². The molecule has 1 aromatic rings. The van der Waals surface area contributed by atoms with E-state index in [1.807, 2.05) is 0 Å². The Bertz CT molecular complexity index is 537. The van der Waals surface area contributed by atoms with Crippen molar-refractivity contribution < 1.29 is 14.5 Å². The molecule has 0 atom stereocenters. The van der Waals surface area contributed by atoms with E-state index in [0.717, 1.165) is 6.07 Å². The fourth-order valence-electron chi connectivity index (χ4n) is 1.38. The molecule has 1 aromatic carbocycles. The lowest BCUT2D eigenvalue weighted by Gasteiger charge is -2.06. The Morgan fingerprint density at radius 2 is 2.28 bits per heavy atom. The molecule has 7 heteroatoms. The number of hydrogen-bond donors (Lipinski definition) is 0. The second-order valence-electron chi connectivity index (χ2n) is 3.31. The van der Waals surface area contributed by atoms with Crippen LogP contribution >= 0.6 is 11.6 Å². The molecule has 18 heavy (non-hydrogen) atoms. The number of halogens is 1. The number of nitro groups is 1. The molecule has 0 aliphatic heterocycles. The SMILES string of the molecule is CCOC(=O)Cc1c(Cl)cc(C#N)cc1[N+](=O)[O-]. The molecular formula is C11H9ClN2O4. The number of ether oxygens (including phenoxy) is 1. The average Bonchev–Trinajstić information content (AvgIpc) is 2.31. The fourth-order valence-corrected chi connectivity index (χ4v) is 1.66. The van der Waals surface area contributed by atoms with Crippen molar-refractivity contribution in [3.8, 4) is 6.07 Å². The molecule has 0 unspecified atom stereocenters. The first kappa shape index (κ1) is 13.9. The van der Waals surface area contributed by atoms with E-state index in [2.05, 4.69) is 0 Å². The summed E-state index contributed by atoms with van der Waals surface area (Å²) in [6.45, 7) is 1.81. The standard InChI is InChI=1S/C11H9ClN2O4/c1-2-18-11(15)5-8-9(12)3-7(6-13)4-10(8)14(16)17/h3-4H,2,5H2,1H3. The Balaban J connectivity index is 3.21. The van der Waals surface area contributed by atoms with Crippen molar-refractivity contribution >= 4 is 23.3 Å². The van der Waals surface area contributed by atoms with Crippen molar-refractivity contribution in [3.05, 3.63) is 38.4 Å². The van der Waals surface area contributed by atoms with Gasteiger partial charge in [-0.1, -0.05) is 11.6 Å². The molecule has 0 radical (unpaired) electrons. The first-order valence-electron chi connectivity index (χ1n) is 5.02. The number of carbonyl (C=O) groups excluding carboxylic acids is 1. The van der Waals surface area contributed by atoms with Gasteiger partial charge in [0.05, 0.1) is 40.2 Å². The van der Waals surface area contributed by atoms with Gasteiger partial charge in [-0.2, -0.15) is 5.26 Å². The Morgan fingerprint density at radius 3 is 2.78 bits per heavy atom. The van der Waals surface area contributed by atoms with Gasteiger partial charge in [0.1, 0.15) is 0 Å². The van der Waals surface area contributed by atoms with Crippen LogP contribution in [0.4, 0.5) is 5.69 Å². The van der Waals surface area contributed by atoms with Crippen LogP contribution in [-0.2, 0) is 16.0 Å². The molecule has 6 nitrogen and oxygen atoms in total. The van der Waals surface area contributed by atoms with Gasteiger partial charge in [-0.15, -0.1) is 0 Å². The number of rotatable bonds is 4. The predicted octanol–water partition coefficient (Wildman–Crippen LogP) is 2.23. The molecule has 0 bridgehead atoms. The van der Waals surface area contributed by atoms with E-state index in [4.69, 9.17) is 21.6 Å². The van der Waals surface area contributed by atoms with Crippen molar-refractivity contribution in [2.75, 3.05) is 6.61 Å². The van der Waals surface area contributed by atoms with Gasteiger partial charge in [0.15, 0.2) is 0 Å². The number of nitrogens with zero attached hydrogens (tertiary/aromatic N) is 2. The third-order valence-corrected chi connectivity index (χ3v) is 2.46. The summed E-state index contributed by atoms with van der Waals surface area (Å²) in [6, 6.07) is 4.13. The van der Waals surface area contributed by atoms with Crippen molar-refractivity contribution in [3.63, 3.8) is 0 Å². The number of nitro benzene ring substituents is 1. The van der Waals surface area contributed by atoms with Crippen LogP contribution in [-0.4, -0.2) is 17.5 Å². The molecule has 0 N–H and O–H groups in total. The van der Waals surface area contributed by atoms with Crippen LogP contribution < -0.4 is 0 Å². The zero-order valence-corrected chi connectivity index (χ0v) is 10.2. The smallest absolute Gasteiger partial charge is 0.310 e. The first-order valence-corrected chi connectivity index (χ1v) is 5.40. The molecule has 0 aliphatic rings. The van der Waals surface area contributed by atoms with Crippen molar-refractivity contribution in [1.29, 1.82) is 5.26 Å². The van der Waals surface area contributed by atoms with Gasteiger partial charge in [0.25, 0.3) is 5.69 Å². The second kappa shape index (κ2) is 5.98. The number of nitriles is 1. The molecule has 0 saturated carbocycles. The molecular weight excluding hydrogens is 260 g/mol. The van der Waals surface area contributed by atoms with Crippen LogP contribution in [0.1, 0.15) is 18.1 Å². The zero-order chi connectivity index (χ0) is 13.7. The number of benzene rings is 1. The van der Waals surface area contributed by atoms with Gasteiger partial charge in [-0.25, -0.2) is 0 Å². The minimum absolute atomic E-state index is 0.00815. The summed E-state index contributed by atoms with van der Waals surface area (Å²) < 4.78 is 4.71. The first-order chi connectivity index (χ1) is 8.49. The van der Waals surface area contributed by atoms with E-state index in [9.17, 15) is 14.9 Å². The van der Waals surface area contributed by atoms with Crippen LogP contribution in [0.3, 0.4) is 0 Å². The van der Waals surface area contributed by atoms with E-state index in [1.54, 1.807) is 13.0 Å². The second-order valence-corrected chi connectivity index (χ2v) is 3.71. The van der Waals surface area contributed by atoms with E-state index < -0.39 is 10.9 Å². The summed E-state index contributed by atoms with van der Waals surface area (Å²) in [5.41, 5.74) is -0.231. The van der Waals surface area contributed by atoms with Crippen molar-refractivity contribution in [2.24, 2.45) is 0 Å². The highest BCUT2D eigenvalue weighted by atomic mass is 35.5. The Labute approximate surface area is 108 Å². The Kier molecular flexibility index (Phi) is 4.63. The summed E-state index contributed by atoms with van der Waals surface area (Å²) >= 11 is 5.84. The quantitative estimate of drug-likeness (QED) is 0.474. The highest BCUT2D eigenvalue weighted by Gasteiger charge is 2.21. The van der Waals surface area contributed by atoms with E-state index in [1.165, 1.54) is 6.07 Å². The Morgan fingerprint density at radius 1 is 1.61 bits per heavy atom. The molecule has 0 heterocycles. The largest absolute Gasteiger partial charge is 0.466 e. The maximum Gasteiger partial charge on any atom is 0.310 e. The summed E-state index contributed by atoms with van der Waals surface area (Å²) in [7, 11) is 0. The highest BCUT2D eigenvalue weighted by Crippen LogP contribution is 2.29. The number of carbonyl (C=O) groups is 1. The van der Waals surface area contributed by atoms with Gasteiger partial charge in [-0.3, -0.25) is 14.9 Å². The minimum atomic E-state index is -0.679. The van der Waals surface area contributed by atoms with Crippen molar-refractivity contribution in [2.45, 2.75) is 13.3 Å². The molecule has 0 aromatic heterocycles. The molecule has 0 amide bonds. The molecule has 0 saturated heterocycles. The predicted molar refractivity (Wildman–Crippen MR) is 63.2 cm³/mol. The summed E-state index contributed by atoms with van der Waals surface area (Å²) in [6.07, 6.45) is -0.297. The Hall–Kier alpha value is -2.13. The van der Waals surface area contributed by atoms with Gasteiger partial charge in [0.2, 0.25) is 0 Å².